The zero-order valence-electron chi connectivity index (χ0n) is 9.02. The highest BCUT2D eigenvalue weighted by Crippen LogP contribution is 2.06. The smallest absolute Gasteiger partial charge is 0.140 e. The molecule has 86 valence electrons. The van der Waals surface area contributed by atoms with E-state index in [4.69, 9.17) is 10.4 Å². The summed E-state index contributed by atoms with van der Waals surface area (Å²) in [6.45, 7) is 1.13. The first-order valence-electron chi connectivity index (χ1n) is 5.15. The molecule has 1 heterocycles. The van der Waals surface area contributed by atoms with Gasteiger partial charge in [-0.05, 0) is 24.3 Å². The standard InChI is InChI=1S/C11H15N3OS/c12-8-10-2-3-11(9-14-10)13-4-7-16-6-1-5-15/h2-3,9,13,15H,1,4-7H2. The summed E-state index contributed by atoms with van der Waals surface area (Å²) in [5.74, 6) is 1.99. The number of aliphatic hydroxyl groups is 1. The van der Waals surface area contributed by atoms with Gasteiger partial charge in [0.15, 0.2) is 0 Å². The summed E-state index contributed by atoms with van der Waals surface area (Å²) >= 11 is 1.81. The lowest BCUT2D eigenvalue weighted by Gasteiger charge is -2.05. The van der Waals surface area contributed by atoms with E-state index in [0.29, 0.717) is 5.69 Å². The third kappa shape index (κ3) is 5.01. The largest absolute Gasteiger partial charge is 0.396 e. The molecule has 0 fully saturated rings. The molecule has 4 nitrogen and oxygen atoms in total. The summed E-state index contributed by atoms with van der Waals surface area (Å²) in [7, 11) is 0. The molecule has 0 aromatic carbocycles. The maximum Gasteiger partial charge on any atom is 0.140 e. The number of nitriles is 1. The first-order valence-corrected chi connectivity index (χ1v) is 6.31. The fraction of sp³-hybridized carbons (Fsp3) is 0.455. The van der Waals surface area contributed by atoms with Gasteiger partial charge in [0.2, 0.25) is 0 Å². The average molecular weight is 237 g/mol. The zero-order valence-corrected chi connectivity index (χ0v) is 9.83. The van der Waals surface area contributed by atoms with Crippen molar-refractivity contribution in [3.8, 4) is 6.07 Å². The third-order valence-electron chi connectivity index (χ3n) is 1.90. The van der Waals surface area contributed by atoms with Crippen LogP contribution in [0.15, 0.2) is 18.3 Å². The summed E-state index contributed by atoms with van der Waals surface area (Å²) in [5, 5.41) is 20.4. The Hall–Kier alpha value is -1.25. The van der Waals surface area contributed by atoms with Gasteiger partial charge in [-0.25, -0.2) is 4.98 Å². The first-order chi connectivity index (χ1) is 7.86. The van der Waals surface area contributed by atoms with Crippen LogP contribution in [0.1, 0.15) is 12.1 Å². The average Bonchev–Trinajstić information content (AvgIpc) is 2.34. The van der Waals surface area contributed by atoms with E-state index in [1.165, 1.54) is 0 Å². The highest BCUT2D eigenvalue weighted by molar-refractivity contribution is 7.99. The van der Waals surface area contributed by atoms with Crippen LogP contribution in [-0.2, 0) is 0 Å². The summed E-state index contributed by atoms with van der Waals surface area (Å²) in [4.78, 5) is 3.96. The second kappa shape index (κ2) is 7.97. The van der Waals surface area contributed by atoms with Crippen molar-refractivity contribution in [2.75, 3.05) is 30.0 Å². The van der Waals surface area contributed by atoms with Gasteiger partial charge in [0.1, 0.15) is 11.8 Å². The number of pyridine rings is 1. The fourth-order valence-corrected chi connectivity index (χ4v) is 1.88. The predicted octanol–water partition coefficient (Wildman–Crippen LogP) is 1.48. The Balaban J connectivity index is 2.15. The Bertz CT molecular complexity index is 334. The van der Waals surface area contributed by atoms with E-state index < -0.39 is 0 Å². The first kappa shape index (κ1) is 12.8. The molecule has 1 aromatic heterocycles. The van der Waals surface area contributed by atoms with Crippen LogP contribution in [0.25, 0.3) is 0 Å². The van der Waals surface area contributed by atoms with Crippen LogP contribution in [0.2, 0.25) is 0 Å². The van der Waals surface area contributed by atoms with Gasteiger partial charge in [0, 0.05) is 18.9 Å². The SMILES string of the molecule is N#Cc1ccc(NCCSCCCO)cn1. The summed E-state index contributed by atoms with van der Waals surface area (Å²) < 4.78 is 0. The summed E-state index contributed by atoms with van der Waals surface area (Å²) in [5.41, 5.74) is 1.37. The van der Waals surface area contributed by atoms with Gasteiger partial charge in [0.05, 0.1) is 11.9 Å². The number of hydrogen-bond acceptors (Lipinski definition) is 5. The molecule has 0 spiro atoms. The monoisotopic (exact) mass is 237 g/mol. The number of rotatable bonds is 7. The lowest BCUT2D eigenvalue weighted by molar-refractivity contribution is 0.296. The highest BCUT2D eigenvalue weighted by Gasteiger charge is 1.94. The molecule has 0 aliphatic heterocycles. The molecule has 0 amide bonds. The van der Waals surface area contributed by atoms with Crippen LogP contribution < -0.4 is 5.32 Å². The maximum absolute atomic E-state index is 8.59. The molecule has 2 N–H and O–H groups in total. The molecule has 0 saturated heterocycles. The van der Waals surface area contributed by atoms with E-state index in [-0.39, 0.29) is 6.61 Å². The van der Waals surface area contributed by atoms with Crippen molar-refractivity contribution < 1.29 is 5.11 Å². The zero-order chi connectivity index (χ0) is 11.6. The van der Waals surface area contributed by atoms with Gasteiger partial charge < -0.3 is 10.4 Å². The van der Waals surface area contributed by atoms with Crippen LogP contribution in [-0.4, -0.2) is 34.7 Å². The van der Waals surface area contributed by atoms with Crippen molar-refractivity contribution in [2.45, 2.75) is 6.42 Å². The molecule has 0 saturated carbocycles. The van der Waals surface area contributed by atoms with Gasteiger partial charge in [-0.2, -0.15) is 17.0 Å². The molecule has 0 bridgehead atoms. The van der Waals surface area contributed by atoms with E-state index in [1.807, 2.05) is 23.9 Å². The minimum atomic E-state index is 0.264. The highest BCUT2D eigenvalue weighted by atomic mass is 32.2. The minimum absolute atomic E-state index is 0.264. The lowest BCUT2D eigenvalue weighted by atomic mass is 10.3. The molecule has 0 unspecified atom stereocenters. The number of thioether (sulfide) groups is 1. The van der Waals surface area contributed by atoms with Crippen molar-refractivity contribution in [2.24, 2.45) is 0 Å². The lowest BCUT2D eigenvalue weighted by Crippen LogP contribution is -2.05. The Kier molecular flexibility index (Phi) is 6.38. The van der Waals surface area contributed by atoms with Crippen LogP contribution >= 0.6 is 11.8 Å². The Morgan fingerprint density at radius 2 is 2.31 bits per heavy atom. The van der Waals surface area contributed by atoms with Gasteiger partial charge in [-0.15, -0.1) is 0 Å². The molecular weight excluding hydrogens is 222 g/mol. The van der Waals surface area contributed by atoms with Crippen molar-refractivity contribution >= 4 is 17.4 Å². The van der Waals surface area contributed by atoms with E-state index in [0.717, 1.165) is 30.2 Å². The molecular formula is C11H15N3OS. The van der Waals surface area contributed by atoms with Crippen molar-refractivity contribution in [3.63, 3.8) is 0 Å². The number of nitrogens with zero attached hydrogens (tertiary/aromatic N) is 2. The molecule has 0 radical (unpaired) electrons. The number of anilines is 1. The number of aromatic nitrogens is 1. The second-order valence-electron chi connectivity index (χ2n) is 3.16. The van der Waals surface area contributed by atoms with Crippen molar-refractivity contribution in [1.82, 2.24) is 4.98 Å². The van der Waals surface area contributed by atoms with Crippen molar-refractivity contribution in [1.29, 1.82) is 5.26 Å². The van der Waals surface area contributed by atoms with E-state index in [2.05, 4.69) is 10.3 Å². The summed E-state index contributed by atoms with van der Waals surface area (Å²) in [6, 6.07) is 5.52. The second-order valence-corrected chi connectivity index (χ2v) is 4.38. The van der Waals surface area contributed by atoms with E-state index >= 15 is 0 Å². The van der Waals surface area contributed by atoms with E-state index in [9.17, 15) is 0 Å². The topological polar surface area (TPSA) is 68.9 Å². The van der Waals surface area contributed by atoms with E-state index in [1.54, 1.807) is 12.3 Å². The normalized spacial score (nSPS) is 9.75. The molecule has 0 aliphatic carbocycles. The molecule has 0 aliphatic rings. The fourth-order valence-electron chi connectivity index (χ4n) is 1.10. The number of hydrogen-bond donors (Lipinski definition) is 2. The van der Waals surface area contributed by atoms with Gasteiger partial charge in [0.25, 0.3) is 0 Å². The minimum Gasteiger partial charge on any atom is -0.396 e. The Labute approximate surface area is 99.7 Å². The Morgan fingerprint density at radius 3 is 2.94 bits per heavy atom. The number of nitrogens with one attached hydrogen (secondary N) is 1. The molecule has 16 heavy (non-hydrogen) atoms. The van der Waals surface area contributed by atoms with Crippen LogP contribution in [0.4, 0.5) is 5.69 Å². The summed E-state index contributed by atoms with van der Waals surface area (Å²) in [6.07, 6.45) is 2.51. The quantitative estimate of drug-likeness (QED) is 0.703. The molecule has 5 heteroatoms. The number of aliphatic hydroxyl groups excluding tert-OH is 1. The van der Waals surface area contributed by atoms with Gasteiger partial charge >= 0.3 is 0 Å². The van der Waals surface area contributed by atoms with Gasteiger partial charge in [-0.1, -0.05) is 0 Å². The predicted molar refractivity (Wildman–Crippen MR) is 66.5 cm³/mol. The maximum atomic E-state index is 8.59. The van der Waals surface area contributed by atoms with Gasteiger partial charge in [-0.3, -0.25) is 0 Å². The Morgan fingerprint density at radius 1 is 1.44 bits per heavy atom. The van der Waals surface area contributed by atoms with Crippen molar-refractivity contribution in [3.05, 3.63) is 24.0 Å². The molecule has 1 aromatic rings. The van der Waals surface area contributed by atoms with Crippen LogP contribution in [0, 0.1) is 11.3 Å². The third-order valence-corrected chi connectivity index (χ3v) is 2.97. The van der Waals surface area contributed by atoms with Crippen LogP contribution in [0.5, 0.6) is 0 Å². The molecule has 0 atom stereocenters. The molecule has 1 rings (SSSR count). The van der Waals surface area contributed by atoms with Crippen LogP contribution in [0.3, 0.4) is 0 Å².